The average Bonchev–Trinajstić information content (AvgIpc) is 2.07. The van der Waals surface area contributed by atoms with Gasteiger partial charge in [-0.1, -0.05) is 30.2 Å². The summed E-state index contributed by atoms with van der Waals surface area (Å²) in [6.45, 7) is 4.52. The molecule has 0 nitrogen and oxygen atoms in total. The number of hydrogen-bond donors (Lipinski definition) is 0. The van der Waals surface area contributed by atoms with Gasteiger partial charge < -0.3 is 0 Å². The van der Waals surface area contributed by atoms with Crippen LogP contribution in [0.15, 0.2) is 23.3 Å². The summed E-state index contributed by atoms with van der Waals surface area (Å²) < 4.78 is 0. The molecule has 0 N–H and O–H groups in total. The normalized spacial score (nSPS) is 18.7. The lowest BCUT2D eigenvalue weighted by Crippen LogP contribution is -1.94. The molecule has 1 atom stereocenters. The molecule has 1 aliphatic rings. The van der Waals surface area contributed by atoms with Crippen LogP contribution in [0.4, 0.5) is 0 Å². The third kappa shape index (κ3) is 2.79. The highest BCUT2D eigenvalue weighted by Gasteiger charge is 2.03. The molecule has 11 heavy (non-hydrogen) atoms. The zero-order chi connectivity index (χ0) is 8.10. The Morgan fingerprint density at radius 2 is 1.91 bits per heavy atom. The van der Waals surface area contributed by atoms with Crippen molar-refractivity contribution in [1.29, 1.82) is 0 Å². The van der Waals surface area contributed by atoms with Gasteiger partial charge in [0.2, 0.25) is 0 Å². The summed E-state index contributed by atoms with van der Waals surface area (Å²) in [4.78, 5) is 0. The van der Waals surface area contributed by atoms with Gasteiger partial charge in [-0.3, -0.25) is 0 Å². The van der Waals surface area contributed by atoms with Crippen molar-refractivity contribution < 1.29 is 0 Å². The van der Waals surface area contributed by atoms with E-state index in [-0.39, 0.29) is 0 Å². The summed E-state index contributed by atoms with van der Waals surface area (Å²) in [5.41, 5.74) is 3.27. The molecule has 1 rings (SSSR count). The smallest absolute Gasteiger partial charge is 0.0141 e. The lowest BCUT2D eigenvalue weighted by molar-refractivity contribution is 0.859. The molecule has 0 bridgehead atoms. The topological polar surface area (TPSA) is 0 Å². The Labute approximate surface area is 71.6 Å². The van der Waals surface area contributed by atoms with E-state index in [2.05, 4.69) is 25.7 Å². The second-order valence-corrected chi connectivity index (χ2v) is 4.09. The maximum Gasteiger partial charge on any atom is -0.0141 e. The van der Waals surface area contributed by atoms with Crippen LogP contribution in [0.5, 0.6) is 0 Å². The molecule has 0 spiro atoms. The summed E-state index contributed by atoms with van der Waals surface area (Å²) in [6, 6.07) is 0. The Hall–Kier alpha value is -0.0900. The summed E-state index contributed by atoms with van der Waals surface area (Å²) >= 11 is 0. The van der Waals surface area contributed by atoms with Gasteiger partial charge >= 0.3 is 0 Å². The van der Waals surface area contributed by atoms with Gasteiger partial charge in [0.25, 0.3) is 0 Å². The summed E-state index contributed by atoms with van der Waals surface area (Å²) in [5, 5.41) is 0. The standard InChI is InChI=1S/C10H17P/c1-3-9-4-6-10(7-5-9)8-11-2/h4,6,11H,3,5,7-8H2,1-2H3. The molecular weight excluding hydrogens is 151 g/mol. The van der Waals surface area contributed by atoms with Gasteiger partial charge in [-0.15, -0.1) is 8.58 Å². The van der Waals surface area contributed by atoms with Crippen molar-refractivity contribution in [2.75, 3.05) is 12.8 Å². The number of allylic oxidation sites excluding steroid dienone is 4. The Morgan fingerprint density at radius 1 is 1.27 bits per heavy atom. The summed E-state index contributed by atoms with van der Waals surface area (Å²) in [6.07, 6.45) is 9.84. The highest BCUT2D eigenvalue weighted by molar-refractivity contribution is 7.37. The monoisotopic (exact) mass is 168 g/mol. The quantitative estimate of drug-likeness (QED) is 0.567. The van der Waals surface area contributed by atoms with Crippen LogP contribution in [0.25, 0.3) is 0 Å². The SMILES string of the molecule is CCC1=CC=C(CPC)CC1. The van der Waals surface area contributed by atoms with Crippen molar-refractivity contribution >= 4 is 8.58 Å². The Kier molecular flexibility index (Phi) is 3.86. The predicted octanol–water partition coefficient (Wildman–Crippen LogP) is 3.35. The molecule has 0 aromatic carbocycles. The van der Waals surface area contributed by atoms with E-state index in [4.69, 9.17) is 0 Å². The minimum atomic E-state index is 1.08. The molecule has 0 saturated carbocycles. The summed E-state index contributed by atoms with van der Waals surface area (Å²) in [5.74, 6) is 0. The van der Waals surface area contributed by atoms with Crippen molar-refractivity contribution in [3.8, 4) is 0 Å². The first-order valence-electron chi connectivity index (χ1n) is 4.39. The number of hydrogen-bond acceptors (Lipinski definition) is 0. The largest absolute Gasteiger partial charge is 0.121 e. The fourth-order valence-corrected chi connectivity index (χ4v) is 2.14. The molecular formula is C10H17P. The first kappa shape index (κ1) is 9.00. The third-order valence-electron chi connectivity index (χ3n) is 2.18. The number of rotatable bonds is 3. The molecule has 1 aliphatic carbocycles. The molecule has 0 aromatic heterocycles. The lowest BCUT2D eigenvalue weighted by Gasteiger charge is -2.12. The lowest BCUT2D eigenvalue weighted by atomic mass is 9.98. The third-order valence-corrected chi connectivity index (χ3v) is 2.99. The molecule has 0 amide bonds. The van der Waals surface area contributed by atoms with E-state index < -0.39 is 0 Å². The Balaban J connectivity index is 2.47. The van der Waals surface area contributed by atoms with E-state index in [1.54, 1.807) is 11.1 Å². The van der Waals surface area contributed by atoms with Crippen LogP contribution in [0.3, 0.4) is 0 Å². The molecule has 1 unspecified atom stereocenters. The van der Waals surface area contributed by atoms with Gasteiger partial charge in [0.15, 0.2) is 0 Å². The van der Waals surface area contributed by atoms with Gasteiger partial charge in [0.1, 0.15) is 0 Å². The average molecular weight is 168 g/mol. The van der Waals surface area contributed by atoms with Crippen LogP contribution in [0.1, 0.15) is 26.2 Å². The zero-order valence-electron chi connectivity index (χ0n) is 7.48. The fraction of sp³-hybridized carbons (Fsp3) is 0.600. The molecule has 0 fully saturated rings. The van der Waals surface area contributed by atoms with Crippen LogP contribution < -0.4 is 0 Å². The van der Waals surface area contributed by atoms with Gasteiger partial charge in [-0.2, -0.15) is 0 Å². The van der Waals surface area contributed by atoms with Crippen LogP contribution in [0, 0.1) is 0 Å². The highest BCUT2D eigenvalue weighted by Crippen LogP contribution is 2.23. The van der Waals surface area contributed by atoms with Crippen LogP contribution in [-0.2, 0) is 0 Å². The molecule has 0 aromatic rings. The molecule has 1 heteroatoms. The van der Waals surface area contributed by atoms with E-state index in [1.165, 1.54) is 25.4 Å². The van der Waals surface area contributed by atoms with E-state index in [9.17, 15) is 0 Å². The molecule has 0 aliphatic heterocycles. The predicted molar refractivity (Wildman–Crippen MR) is 54.8 cm³/mol. The van der Waals surface area contributed by atoms with Gasteiger partial charge in [-0.25, -0.2) is 0 Å². The van der Waals surface area contributed by atoms with E-state index in [0.717, 1.165) is 8.58 Å². The molecule has 0 saturated heterocycles. The molecule has 0 heterocycles. The molecule has 0 radical (unpaired) electrons. The van der Waals surface area contributed by atoms with Crippen molar-refractivity contribution in [3.05, 3.63) is 23.3 Å². The highest BCUT2D eigenvalue weighted by atomic mass is 31.1. The maximum atomic E-state index is 2.33. The van der Waals surface area contributed by atoms with Crippen LogP contribution >= 0.6 is 8.58 Å². The van der Waals surface area contributed by atoms with E-state index >= 15 is 0 Å². The van der Waals surface area contributed by atoms with Crippen molar-refractivity contribution in [2.45, 2.75) is 26.2 Å². The Morgan fingerprint density at radius 3 is 2.36 bits per heavy atom. The molecule has 62 valence electrons. The fourth-order valence-electron chi connectivity index (χ4n) is 1.39. The zero-order valence-corrected chi connectivity index (χ0v) is 8.48. The maximum absolute atomic E-state index is 2.33. The second-order valence-electron chi connectivity index (χ2n) is 3.03. The summed E-state index contributed by atoms with van der Waals surface area (Å²) in [7, 11) is 1.08. The second kappa shape index (κ2) is 4.72. The van der Waals surface area contributed by atoms with E-state index in [1.807, 2.05) is 0 Å². The van der Waals surface area contributed by atoms with Gasteiger partial charge in [-0.05, 0) is 32.1 Å². The minimum Gasteiger partial charge on any atom is -0.121 e. The van der Waals surface area contributed by atoms with Gasteiger partial charge in [0.05, 0.1) is 0 Å². The first-order valence-corrected chi connectivity index (χ1v) is 6.09. The van der Waals surface area contributed by atoms with Gasteiger partial charge in [0, 0.05) is 0 Å². The first-order chi connectivity index (χ1) is 5.36. The van der Waals surface area contributed by atoms with Crippen LogP contribution in [0.2, 0.25) is 0 Å². The minimum absolute atomic E-state index is 1.08. The van der Waals surface area contributed by atoms with E-state index in [0.29, 0.717) is 0 Å². The van der Waals surface area contributed by atoms with Crippen molar-refractivity contribution in [3.63, 3.8) is 0 Å². The Bertz CT molecular complexity index is 177. The van der Waals surface area contributed by atoms with Crippen molar-refractivity contribution in [2.24, 2.45) is 0 Å². The van der Waals surface area contributed by atoms with Crippen LogP contribution in [-0.4, -0.2) is 12.8 Å². The van der Waals surface area contributed by atoms with Crippen molar-refractivity contribution in [1.82, 2.24) is 0 Å².